The Labute approximate surface area is 134 Å². The van der Waals surface area contributed by atoms with Crippen LogP contribution in [0.2, 0.25) is 0 Å². The van der Waals surface area contributed by atoms with Gasteiger partial charge in [-0.05, 0) is 49.4 Å². The smallest absolute Gasteiger partial charge is 0.276 e. The Hall–Kier alpha value is -2.08. The summed E-state index contributed by atoms with van der Waals surface area (Å²) < 4.78 is 0. The van der Waals surface area contributed by atoms with Crippen LogP contribution in [-0.2, 0) is 0 Å². The van der Waals surface area contributed by atoms with Gasteiger partial charge in [-0.15, -0.1) is 22.0 Å². The molecule has 1 aromatic carbocycles. The van der Waals surface area contributed by atoms with E-state index in [1.54, 1.807) is 17.8 Å². The van der Waals surface area contributed by atoms with Gasteiger partial charge in [0.2, 0.25) is 0 Å². The first-order valence-electron chi connectivity index (χ1n) is 7.30. The summed E-state index contributed by atoms with van der Waals surface area (Å²) in [6.45, 7) is 2.03. The molecule has 1 saturated heterocycles. The molecule has 3 rings (SSSR count). The highest BCUT2D eigenvalue weighted by molar-refractivity contribution is 7.98. The minimum absolute atomic E-state index is 0.237. The number of carbonyl (C=O) groups excluding carboxylic acids is 1. The van der Waals surface area contributed by atoms with Gasteiger partial charge in [0.1, 0.15) is 0 Å². The average molecular weight is 314 g/mol. The highest BCUT2D eigenvalue weighted by atomic mass is 32.2. The standard InChI is InChI=1S/C16H18N4OS/c1-22-13-6-4-5-12(11-13)17-16(21)14-7-8-15(19-18-14)20-9-2-3-10-20/h4-8,11H,2-3,9-10H2,1H3,(H,17,21). The van der Waals surface area contributed by atoms with E-state index < -0.39 is 0 Å². The zero-order chi connectivity index (χ0) is 15.4. The second kappa shape index (κ2) is 6.79. The van der Waals surface area contributed by atoms with Gasteiger partial charge in [0.25, 0.3) is 5.91 Å². The van der Waals surface area contributed by atoms with Crippen LogP contribution in [0.25, 0.3) is 0 Å². The van der Waals surface area contributed by atoms with Crippen LogP contribution < -0.4 is 10.2 Å². The molecule has 22 heavy (non-hydrogen) atoms. The Morgan fingerprint density at radius 3 is 2.68 bits per heavy atom. The molecule has 1 N–H and O–H groups in total. The van der Waals surface area contributed by atoms with Crippen LogP contribution >= 0.6 is 11.8 Å². The molecule has 0 saturated carbocycles. The lowest BCUT2D eigenvalue weighted by molar-refractivity contribution is 0.102. The quantitative estimate of drug-likeness (QED) is 0.879. The van der Waals surface area contributed by atoms with Gasteiger partial charge in [-0.25, -0.2) is 0 Å². The number of nitrogens with one attached hydrogen (secondary N) is 1. The maximum atomic E-state index is 12.2. The number of benzene rings is 1. The first-order chi connectivity index (χ1) is 10.8. The minimum atomic E-state index is -0.237. The molecule has 0 spiro atoms. The van der Waals surface area contributed by atoms with Crippen LogP contribution in [0.15, 0.2) is 41.3 Å². The Morgan fingerprint density at radius 1 is 1.18 bits per heavy atom. The van der Waals surface area contributed by atoms with E-state index in [1.165, 1.54) is 12.8 Å². The Kier molecular flexibility index (Phi) is 4.58. The number of anilines is 2. The fourth-order valence-electron chi connectivity index (χ4n) is 2.46. The molecule has 1 fully saturated rings. The molecule has 114 valence electrons. The molecular weight excluding hydrogens is 296 g/mol. The molecule has 0 bridgehead atoms. The molecule has 5 nitrogen and oxygen atoms in total. The van der Waals surface area contributed by atoms with Crippen molar-refractivity contribution >= 4 is 29.2 Å². The van der Waals surface area contributed by atoms with Gasteiger partial charge in [0.15, 0.2) is 11.5 Å². The Bertz CT molecular complexity index is 653. The van der Waals surface area contributed by atoms with Crippen LogP contribution in [0.3, 0.4) is 0 Å². The van der Waals surface area contributed by atoms with E-state index in [0.717, 1.165) is 29.5 Å². The van der Waals surface area contributed by atoms with Crippen molar-refractivity contribution < 1.29 is 4.79 Å². The molecular formula is C16H18N4OS. The van der Waals surface area contributed by atoms with Crippen molar-refractivity contribution in [2.75, 3.05) is 29.6 Å². The van der Waals surface area contributed by atoms with Gasteiger partial charge in [0, 0.05) is 23.7 Å². The van der Waals surface area contributed by atoms with Gasteiger partial charge >= 0.3 is 0 Å². The van der Waals surface area contributed by atoms with E-state index in [-0.39, 0.29) is 5.91 Å². The Balaban J connectivity index is 1.69. The number of hydrogen-bond acceptors (Lipinski definition) is 5. The van der Waals surface area contributed by atoms with Crippen molar-refractivity contribution in [3.63, 3.8) is 0 Å². The van der Waals surface area contributed by atoms with Crippen LogP contribution in [0.1, 0.15) is 23.3 Å². The summed E-state index contributed by atoms with van der Waals surface area (Å²) >= 11 is 1.64. The van der Waals surface area contributed by atoms with E-state index in [9.17, 15) is 4.79 Å². The minimum Gasteiger partial charge on any atom is -0.355 e. The third kappa shape index (κ3) is 3.39. The number of hydrogen-bond donors (Lipinski definition) is 1. The molecule has 1 aliphatic rings. The molecule has 0 unspecified atom stereocenters. The molecule has 6 heteroatoms. The maximum Gasteiger partial charge on any atom is 0.276 e. The fraction of sp³-hybridized carbons (Fsp3) is 0.312. The number of nitrogens with zero attached hydrogens (tertiary/aromatic N) is 3. The maximum absolute atomic E-state index is 12.2. The monoisotopic (exact) mass is 314 g/mol. The first-order valence-corrected chi connectivity index (χ1v) is 8.53. The molecule has 0 aliphatic carbocycles. The van der Waals surface area contributed by atoms with Crippen LogP contribution in [0, 0.1) is 0 Å². The lowest BCUT2D eigenvalue weighted by Crippen LogP contribution is -2.21. The summed E-state index contributed by atoms with van der Waals surface area (Å²) in [5.41, 5.74) is 1.10. The summed E-state index contributed by atoms with van der Waals surface area (Å²) in [5.74, 6) is 0.608. The van der Waals surface area contributed by atoms with Crippen LogP contribution in [-0.4, -0.2) is 35.4 Å². The SMILES string of the molecule is CSc1cccc(NC(=O)c2ccc(N3CCCC3)nn2)c1. The van der Waals surface area contributed by atoms with Crippen molar-refractivity contribution in [1.82, 2.24) is 10.2 Å². The van der Waals surface area contributed by atoms with E-state index >= 15 is 0 Å². The lowest BCUT2D eigenvalue weighted by atomic mass is 10.3. The fourth-order valence-corrected chi connectivity index (χ4v) is 2.92. The molecule has 2 aromatic rings. The predicted octanol–water partition coefficient (Wildman–Crippen LogP) is 3.05. The highest BCUT2D eigenvalue weighted by Crippen LogP contribution is 2.20. The van der Waals surface area contributed by atoms with E-state index in [4.69, 9.17) is 0 Å². The first kappa shape index (κ1) is 14.8. The normalized spacial score (nSPS) is 14.1. The second-order valence-electron chi connectivity index (χ2n) is 5.16. The summed E-state index contributed by atoms with van der Waals surface area (Å²) in [6.07, 6.45) is 4.38. The van der Waals surface area contributed by atoms with Crippen molar-refractivity contribution in [2.45, 2.75) is 17.7 Å². The number of carbonyl (C=O) groups is 1. The van der Waals surface area contributed by atoms with Crippen molar-refractivity contribution in [3.05, 3.63) is 42.1 Å². The van der Waals surface area contributed by atoms with Crippen molar-refractivity contribution in [3.8, 4) is 0 Å². The second-order valence-corrected chi connectivity index (χ2v) is 6.04. The predicted molar refractivity (Wildman–Crippen MR) is 89.7 cm³/mol. The third-order valence-electron chi connectivity index (χ3n) is 3.64. The average Bonchev–Trinajstić information content (AvgIpc) is 3.09. The summed E-state index contributed by atoms with van der Waals surface area (Å²) in [5, 5.41) is 11.1. The number of amides is 1. The molecule has 0 radical (unpaired) electrons. The third-order valence-corrected chi connectivity index (χ3v) is 4.37. The molecule has 0 atom stereocenters. The van der Waals surface area contributed by atoms with Gasteiger partial charge in [0.05, 0.1) is 0 Å². The van der Waals surface area contributed by atoms with Crippen molar-refractivity contribution in [1.29, 1.82) is 0 Å². The van der Waals surface area contributed by atoms with E-state index in [1.807, 2.05) is 36.6 Å². The molecule has 1 aromatic heterocycles. The number of aromatic nitrogens is 2. The zero-order valence-electron chi connectivity index (χ0n) is 12.5. The van der Waals surface area contributed by atoms with Crippen molar-refractivity contribution in [2.24, 2.45) is 0 Å². The summed E-state index contributed by atoms with van der Waals surface area (Å²) in [7, 11) is 0. The highest BCUT2D eigenvalue weighted by Gasteiger charge is 2.15. The Morgan fingerprint density at radius 2 is 2.00 bits per heavy atom. The summed E-state index contributed by atoms with van der Waals surface area (Å²) in [6, 6.07) is 11.3. The van der Waals surface area contributed by atoms with Gasteiger partial charge in [-0.1, -0.05) is 6.07 Å². The van der Waals surface area contributed by atoms with Gasteiger partial charge in [-0.3, -0.25) is 4.79 Å². The van der Waals surface area contributed by atoms with E-state index in [2.05, 4.69) is 20.4 Å². The van der Waals surface area contributed by atoms with E-state index in [0.29, 0.717) is 5.69 Å². The largest absolute Gasteiger partial charge is 0.355 e. The molecule has 1 amide bonds. The molecule has 1 aliphatic heterocycles. The molecule has 2 heterocycles. The van der Waals surface area contributed by atoms with Gasteiger partial charge in [-0.2, -0.15) is 0 Å². The van der Waals surface area contributed by atoms with Gasteiger partial charge < -0.3 is 10.2 Å². The van der Waals surface area contributed by atoms with Crippen LogP contribution in [0.4, 0.5) is 11.5 Å². The number of thioether (sulfide) groups is 1. The topological polar surface area (TPSA) is 58.1 Å². The lowest BCUT2D eigenvalue weighted by Gasteiger charge is -2.15. The van der Waals surface area contributed by atoms with Crippen LogP contribution in [0.5, 0.6) is 0 Å². The summed E-state index contributed by atoms with van der Waals surface area (Å²) in [4.78, 5) is 15.5. The zero-order valence-corrected chi connectivity index (χ0v) is 13.3. The number of rotatable bonds is 4.